The van der Waals surface area contributed by atoms with Crippen LogP contribution >= 0.6 is 0 Å². The number of carboxylic acids is 1. The summed E-state index contributed by atoms with van der Waals surface area (Å²) >= 11 is 0. The van der Waals surface area contributed by atoms with Gasteiger partial charge in [-0.3, -0.25) is 0 Å². The van der Waals surface area contributed by atoms with Crippen LogP contribution in [0.3, 0.4) is 0 Å². The zero-order valence-electron chi connectivity index (χ0n) is 10.6. The minimum absolute atomic E-state index is 0.363. The second kappa shape index (κ2) is 5.09. The van der Waals surface area contributed by atoms with Gasteiger partial charge >= 0.3 is 5.97 Å². The molecule has 0 amide bonds. The maximum absolute atomic E-state index is 10.5. The lowest BCUT2D eigenvalue weighted by atomic mass is 10.1. The highest BCUT2D eigenvalue weighted by atomic mass is 16.5. The second-order valence-electron chi connectivity index (χ2n) is 4.36. The third-order valence-corrected chi connectivity index (χ3v) is 2.99. The molecule has 1 N–H and O–H groups in total. The highest BCUT2D eigenvalue weighted by Gasteiger charge is 2.09. The Bertz CT molecular complexity index is 744. The van der Waals surface area contributed by atoms with Crippen molar-refractivity contribution in [1.29, 1.82) is 0 Å². The molecule has 3 aromatic rings. The molecule has 0 spiro atoms. The first-order chi connectivity index (χ1) is 9.74. The van der Waals surface area contributed by atoms with Gasteiger partial charge in [-0.1, -0.05) is 30.3 Å². The van der Waals surface area contributed by atoms with Gasteiger partial charge in [-0.2, -0.15) is 0 Å². The van der Waals surface area contributed by atoms with Crippen LogP contribution in [0.25, 0.3) is 22.1 Å². The monoisotopic (exact) mass is 268 g/mol. The summed E-state index contributed by atoms with van der Waals surface area (Å²) in [5.41, 5.74) is 2.75. The fraction of sp³-hybridized carbons (Fsp3) is 0.0625. The van der Waals surface area contributed by atoms with Crippen molar-refractivity contribution in [2.75, 3.05) is 6.61 Å². The number of fused-ring (bicyclic) bond motifs is 1. The molecule has 0 bridgehead atoms. The Hall–Kier alpha value is -2.75. The van der Waals surface area contributed by atoms with Crippen LogP contribution in [-0.4, -0.2) is 17.7 Å². The van der Waals surface area contributed by atoms with Crippen molar-refractivity contribution in [1.82, 2.24) is 0 Å². The van der Waals surface area contributed by atoms with E-state index in [1.165, 1.54) is 0 Å². The molecule has 3 rings (SSSR count). The third-order valence-electron chi connectivity index (χ3n) is 2.99. The number of furan rings is 1. The molecule has 0 saturated carbocycles. The molecular formula is C16H12O4. The molecule has 4 nitrogen and oxygen atoms in total. The summed E-state index contributed by atoms with van der Waals surface area (Å²) in [7, 11) is 0. The van der Waals surface area contributed by atoms with E-state index in [0.717, 1.165) is 16.5 Å². The van der Waals surface area contributed by atoms with Gasteiger partial charge in [0, 0.05) is 17.0 Å². The van der Waals surface area contributed by atoms with Crippen molar-refractivity contribution in [3.8, 4) is 16.9 Å². The molecular weight excluding hydrogens is 256 g/mol. The smallest absolute Gasteiger partial charge is 0.341 e. The molecule has 0 atom stereocenters. The molecule has 20 heavy (non-hydrogen) atoms. The summed E-state index contributed by atoms with van der Waals surface area (Å²) in [5, 5.41) is 9.56. The van der Waals surface area contributed by atoms with Crippen LogP contribution in [-0.2, 0) is 4.79 Å². The maximum Gasteiger partial charge on any atom is 0.341 e. The van der Waals surface area contributed by atoms with Gasteiger partial charge in [-0.05, 0) is 17.7 Å². The average Bonchev–Trinajstić information content (AvgIpc) is 2.89. The van der Waals surface area contributed by atoms with Crippen molar-refractivity contribution in [2.24, 2.45) is 0 Å². The largest absolute Gasteiger partial charge is 0.482 e. The normalized spacial score (nSPS) is 10.6. The van der Waals surface area contributed by atoms with Crippen molar-refractivity contribution in [2.45, 2.75) is 0 Å². The Labute approximate surface area is 115 Å². The first kappa shape index (κ1) is 12.3. The molecule has 0 saturated heterocycles. The van der Waals surface area contributed by atoms with Crippen molar-refractivity contribution in [3.63, 3.8) is 0 Å². The first-order valence-corrected chi connectivity index (χ1v) is 6.15. The van der Waals surface area contributed by atoms with E-state index in [0.29, 0.717) is 11.3 Å². The van der Waals surface area contributed by atoms with Crippen LogP contribution in [0.1, 0.15) is 0 Å². The van der Waals surface area contributed by atoms with Crippen LogP contribution in [0.5, 0.6) is 5.75 Å². The Morgan fingerprint density at radius 1 is 1.15 bits per heavy atom. The molecule has 0 fully saturated rings. The van der Waals surface area contributed by atoms with Gasteiger partial charge in [0.25, 0.3) is 0 Å². The zero-order valence-corrected chi connectivity index (χ0v) is 10.6. The fourth-order valence-corrected chi connectivity index (χ4v) is 2.08. The minimum Gasteiger partial charge on any atom is -0.482 e. The summed E-state index contributed by atoms with van der Waals surface area (Å²) in [6.45, 7) is -0.363. The van der Waals surface area contributed by atoms with Gasteiger partial charge in [0.1, 0.15) is 11.3 Å². The number of hydrogen-bond acceptors (Lipinski definition) is 3. The molecule has 1 heterocycles. The van der Waals surface area contributed by atoms with Crippen LogP contribution in [0.15, 0.2) is 59.2 Å². The van der Waals surface area contributed by atoms with E-state index in [-0.39, 0.29) is 6.61 Å². The van der Waals surface area contributed by atoms with Gasteiger partial charge in [-0.25, -0.2) is 4.79 Å². The topological polar surface area (TPSA) is 59.7 Å². The van der Waals surface area contributed by atoms with Crippen LogP contribution in [0.2, 0.25) is 0 Å². The van der Waals surface area contributed by atoms with Gasteiger partial charge < -0.3 is 14.3 Å². The highest BCUT2D eigenvalue weighted by molar-refractivity contribution is 5.94. The van der Waals surface area contributed by atoms with Crippen LogP contribution in [0, 0.1) is 0 Å². The van der Waals surface area contributed by atoms with Gasteiger partial charge in [-0.15, -0.1) is 0 Å². The van der Waals surface area contributed by atoms with E-state index in [1.54, 1.807) is 18.4 Å². The number of ether oxygens (including phenoxy) is 1. The standard InChI is InChI=1S/C16H12O4/c17-16(18)10-19-12-6-7-13-14(9-20-15(13)8-12)11-4-2-1-3-5-11/h1-9H,10H2,(H,17,18). The highest BCUT2D eigenvalue weighted by Crippen LogP contribution is 2.32. The molecule has 2 aromatic carbocycles. The first-order valence-electron chi connectivity index (χ1n) is 6.15. The Kier molecular flexibility index (Phi) is 3.13. The lowest BCUT2D eigenvalue weighted by Crippen LogP contribution is -2.09. The van der Waals surface area contributed by atoms with Crippen molar-refractivity contribution >= 4 is 16.9 Å². The molecule has 1 aromatic heterocycles. The van der Waals surface area contributed by atoms with Gasteiger partial charge in [0.15, 0.2) is 6.61 Å². The number of benzene rings is 2. The predicted octanol–water partition coefficient (Wildman–Crippen LogP) is 3.56. The number of rotatable bonds is 4. The fourth-order valence-electron chi connectivity index (χ4n) is 2.08. The maximum atomic E-state index is 10.5. The number of aliphatic carboxylic acids is 1. The van der Waals surface area contributed by atoms with E-state index in [2.05, 4.69) is 0 Å². The summed E-state index contributed by atoms with van der Waals surface area (Å²) < 4.78 is 10.7. The quantitative estimate of drug-likeness (QED) is 0.785. The van der Waals surface area contributed by atoms with E-state index in [9.17, 15) is 4.79 Å². The summed E-state index contributed by atoms with van der Waals surface area (Å²) in [6.07, 6.45) is 1.70. The number of carboxylic acid groups (broad SMARTS) is 1. The van der Waals surface area contributed by atoms with Crippen molar-refractivity contribution in [3.05, 3.63) is 54.8 Å². The van der Waals surface area contributed by atoms with Gasteiger partial charge in [0.05, 0.1) is 6.26 Å². The second-order valence-corrected chi connectivity index (χ2v) is 4.36. The van der Waals surface area contributed by atoms with E-state index >= 15 is 0 Å². The lowest BCUT2D eigenvalue weighted by molar-refractivity contribution is -0.139. The lowest BCUT2D eigenvalue weighted by Gasteiger charge is -2.03. The summed E-state index contributed by atoms with van der Waals surface area (Å²) in [6, 6.07) is 15.2. The summed E-state index contributed by atoms with van der Waals surface area (Å²) in [4.78, 5) is 10.5. The molecule has 100 valence electrons. The number of hydrogen-bond donors (Lipinski definition) is 1. The molecule has 0 unspecified atom stereocenters. The van der Waals surface area contributed by atoms with E-state index in [1.807, 2.05) is 36.4 Å². The van der Waals surface area contributed by atoms with E-state index in [4.69, 9.17) is 14.3 Å². The SMILES string of the molecule is O=C(O)COc1ccc2c(-c3ccccc3)coc2c1. The van der Waals surface area contributed by atoms with Crippen LogP contribution < -0.4 is 4.74 Å². The number of carbonyl (C=O) groups is 1. The Morgan fingerprint density at radius 2 is 1.95 bits per heavy atom. The average molecular weight is 268 g/mol. The van der Waals surface area contributed by atoms with Crippen molar-refractivity contribution < 1.29 is 19.1 Å². The molecule has 4 heteroatoms. The molecule has 0 aliphatic carbocycles. The Morgan fingerprint density at radius 3 is 2.70 bits per heavy atom. The Balaban J connectivity index is 1.96. The molecule has 0 radical (unpaired) electrons. The zero-order chi connectivity index (χ0) is 13.9. The molecule has 0 aliphatic rings. The minimum atomic E-state index is -1.01. The van der Waals surface area contributed by atoms with Crippen LogP contribution in [0.4, 0.5) is 0 Å². The van der Waals surface area contributed by atoms with E-state index < -0.39 is 5.97 Å². The molecule has 0 aliphatic heterocycles. The summed E-state index contributed by atoms with van der Waals surface area (Å²) in [5.74, 6) is -0.525. The third kappa shape index (κ3) is 2.36. The predicted molar refractivity (Wildman–Crippen MR) is 74.8 cm³/mol. The van der Waals surface area contributed by atoms with Gasteiger partial charge in [0.2, 0.25) is 0 Å².